The Hall–Kier alpha value is -1.66. The Balaban J connectivity index is 1.40. The highest BCUT2D eigenvalue weighted by Gasteiger charge is 2.28. The minimum atomic E-state index is -0.0371. The van der Waals surface area contributed by atoms with Crippen molar-refractivity contribution in [2.45, 2.75) is 38.3 Å². The van der Waals surface area contributed by atoms with Gasteiger partial charge in [0.25, 0.3) is 0 Å². The number of benzene rings is 2. The zero-order valence-corrected chi connectivity index (χ0v) is 20.5. The molecule has 0 saturated carbocycles. The van der Waals surface area contributed by atoms with Crippen LogP contribution < -0.4 is 15.5 Å². The molecule has 32 heavy (non-hydrogen) atoms. The Bertz CT molecular complexity index is 956. The minimum absolute atomic E-state index is 0.0113. The molecule has 0 bridgehead atoms. The van der Waals surface area contributed by atoms with Crippen molar-refractivity contribution in [2.24, 2.45) is 0 Å². The number of hydrogen-bond donors (Lipinski definition) is 2. The second-order valence-corrected chi connectivity index (χ2v) is 9.76. The van der Waals surface area contributed by atoms with Gasteiger partial charge in [-0.25, -0.2) is 0 Å². The van der Waals surface area contributed by atoms with Gasteiger partial charge in [-0.3, -0.25) is 4.79 Å². The summed E-state index contributed by atoms with van der Waals surface area (Å²) < 4.78 is 0. The van der Waals surface area contributed by atoms with Gasteiger partial charge in [0.15, 0.2) is 0 Å². The van der Waals surface area contributed by atoms with Crippen LogP contribution in [0, 0.1) is 0 Å². The lowest BCUT2D eigenvalue weighted by atomic mass is 10.0. The Morgan fingerprint density at radius 3 is 2.50 bits per heavy atom. The third-order valence-electron chi connectivity index (χ3n) is 6.32. The molecule has 2 N–H and O–H groups in total. The van der Waals surface area contributed by atoms with E-state index >= 15 is 0 Å². The van der Waals surface area contributed by atoms with Gasteiger partial charge in [0.05, 0.1) is 22.8 Å². The van der Waals surface area contributed by atoms with Crippen molar-refractivity contribution >= 4 is 52.1 Å². The highest BCUT2D eigenvalue weighted by atomic mass is 35.5. The summed E-state index contributed by atoms with van der Waals surface area (Å²) in [4.78, 5) is 17.1. The normalized spacial score (nSPS) is 20.2. The van der Waals surface area contributed by atoms with E-state index in [1.54, 1.807) is 6.07 Å². The van der Waals surface area contributed by atoms with E-state index in [1.165, 1.54) is 0 Å². The Morgan fingerprint density at radius 2 is 1.81 bits per heavy atom. The maximum absolute atomic E-state index is 12.8. The van der Waals surface area contributed by atoms with Crippen molar-refractivity contribution in [2.75, 3.05) is 42.9 Å². The van der Waals surface area contributed by atoms with E-state index < -0.39 is 0 Å². The van der Waals surface area contributed by atoms with Crippen LogP contribution in [0.4, 0.5) is 11.4 Å². The lowest BCUT2D eigenvalue weighted by molar-refractivity contribution is -0.134. The molecule has 2 aliphatic rings. The van der Waals surface area contributed by atoms with Crippen LogP contribution >= 0.6 is 34.8 Å². The number of piperazine rings is 1. The van der Waals surface area contributed by atoms with Gasteiger partial charge < -0.3 is 20.4 Å². The van der Waals surface area contributed by atoms with E-state index in [4.69, 9.17) is 34.8 Å². The number of carbonyl (C=O) groups excluding carboxylic acids is 1. The molecule has 2 unspecified atom stereocenters. The quantitative estimate of drug-likeness (QED) is 0.566. The van der Waals surface area contributed by atoms with Gasteiger partial charge in [-0.15, -0.1) is 0 Å². The van der Waals surface area contributed by atoms with Crippen molar-refractivity contribution < 1.29 is 4.79 Å². The molecule has 2 aromatic rings. The van der Waals surface area contributed by atoms with Gasteiger partial charge >= 0.3 is 0 Å². The third kappa shape index (κ3) is 5.45. The minimum Gasteiger partial charge on any atom is -0.377 e. The molecule has 8 heteroatoms. The van der Waals surface area contributed by atoms with Crippen LogP contribution in [-0.4, -0.2) is 49.6 Å². The fourth-order valence-corrected chi connectivity index (χ4v) is 5.20. The number of halogens is 3. The van der Waals surface area contributed by atoms with Crippen LogP contribution in [0.1, 0.15) is 37.8 Å². The summed E-state index contributed by atoms with van der Waals surface area (Å²) in [5, 5.41) is 8.74. The van der Waals surface area contributed by atoms with Gasteiger partial charge in [0.1, 0.15) is 0 Å². The van der Waals surface area contributed by atoms with Crippen molar-refractivity contribution in [1.29, 1.82) is 0 Å². The molecule has 4 rings (SSSR count). The summed E-state index contributed by atoms with van der Waals surface area (Å²) in [7, 11) is 0. The summed E-state index contributed by atoms with van der Waals surface area (Å²) in [6.45, 7) is 6.06. The molecule has 172 valence electrons. The first kappa shape index (κ1) is 23.5. The number of anilines is 2. The van der Waals surface area contributed by atoms with Gasteiger partial charge in [-0.05, 0) is 62.2 Å². The largest absolute Gasteiger partial charge is 0.377 e. The molecule has 0 aliphatic carbocycles. The Labute approximate surface area is 205 Å². The summed E-state index contributed by atoms with van der Waals surface area (Å²) in [5.74, 6) is 0.247. The molecule has 0 spiro atoms. The predicted molar refractivity (Wildman–Crippen MR) is 134 cm³/mol. The topological polar surface area (TPSA) is 47.6 Å². The van der Waals surface area contributed by atoms with Crippen molar-refractivity contribution in [3.63, 3.8) is 0 Å². The molecular weight excluding hydrogens is 467 g/mol. The summed E-state index contributed by atoms with van der Waals surface area (Å²) in [5.41, 5.74) is 2.91. The average Bonchev–Trinajstić information content (AvgIpc) is 2.80. The van der Waals surface area contributed by atoms with Crippen LogP contribution in [0.2, 0.25) is 15.1 Å². The zero-order chi connectivity index (χ0) is 22.7. The third-order valence-corrected chi connectivity index (χ3v) is 7.21. The molecule has 5 nitrogen and oxygen atoms in total. The highest BCUT2D eigenvalue weighted by Crippen LogP contribution is 2.33. The molecule has 2 aromatic carbocycles. The smallest absolute Gasteiger partial charge is 0.239 e. The predicted octanol–water partition coefficient (Wildman–Crippen LogP) is 5.61. The Kier molecular flexibility index (Phi) is 7.72. The van der Waals surface area contributed by atoms with Crippen molar-refractivity contribution in [3.8, 4) is 0 Å². The van der Waals surface area contributed by atoms with Crippen LogP contribution in [0.5, 0.6) is 0 Å². The second-order valence-electron chi connectivity index (χ2n) is 8.51. The molecule has 2 fully saturated rings. The maximum Gasteiger partial charge on any atom is 0.239 e. The lowest BCUT2D eigenvalue weighted by Gasteiger charge is -2.38. The standard InChI is InChI=1S/C24H29Cl3N4O/c1-16(19-7-5-17(25)14-21(19)27)29-23-15-18(6-8-20(23)26)30-10-12-31(13-11-30)24(32)22-4-2-3-9-28-22/h5-8,14-16,22,28-29H,2-4,9-13H2,1H3. The van der Waals surface area contributed by atoms with E-state index in [1.807, 2.05) is 36.1 Å². The van der Waals surface area contributed by atoms with Crippen molar-refractivity contribution in [1.82, 2.24) is 10.2 Å². The summed E-state index contributed by atoms with van der Waals surface area (Å²) in [6, 6.07) is 11.5. The van der Waals surface area contributed by atoms with E-state index in [0.717, 1.165) is 68.9 Å². The highest BCUT2D eigenvalue weighted by molar-refractivity contribution is 6.35. The SMILES string of the molecule is CC(Nc1cc(N2CCN(C(=O)C3CCCCN3)CC2)ccc1Cl)c1ccc(Cl)cc1Cl. The molecule has 2 aliphatic heterocycles. The van der Waals surface area contributed by atoms with Gasteiger partial charge in [-0.1, -0.05) is 47.3 Å². The van der Waals surface area contributed by atoms with E-state index in [0.29, 0.717) is 15.1 Å². The maximum atomic E-state index is 12.8. The average molecular weight is 496 g/mol. The molecule has 0 aromatic heterocycles. The first-order valence-electron chi connectivity index (χ1n) is 11.2. The van der Waals surface area contributed by atoms with Crippen LogP contribution in [0.25, 0.3) is 0 Å². The molecular formula is C24H29Cl3N4O. The number of piperidine rings is 1. The van der Waals surface area contributed by atoms with Crippen LogP contribution in [-0.2, 0) is 4.79 Å². The summed E-state index contributed by atoms with van der Waals surface area (Å²) >= 11 is 18.9. The number of nitrogens with one attached hydrogen (secondary N) is 2. The molecule has 2 saturated heterocycles. The second kappa shape index (κ2) is 10.5. The number of hydrogen-bond acceptors (Lipinski definition) is 4. The van der Waals surface area contributed by atoms with Crippen LogP contribution in [0.15, 0.2) is 36.4 Å². The fourth-order valence-electron chi connectivity index (χ4n) is 4.45. The zero-order valence-electron chi connectivity index (χ0n) is 18.2. The fraction of sp³-hybridized carbons (Fsp3) is 0.458. The molecule has 2 atom stereocenters. The van der Waals surface area contributed by atoms with E-state index in [2.05, 4.69) is 21.6 Å². The summed E-state index contributed by atoms with van der Waals surface area (Å²) in [6.07, 6.45) is 3.23. The van der Waals surface area contributed by atoms with Gasteiger partial charge in [-0.2, -0.15) is 0 Å². The molecule has 2 heterocycles. The lowest BCUT2D eigenvalue weighted by Crippen LogP contribution is -2.55. The molecule has 0 radical (unpaired) electrons. The van der Waals surface area contributed by atoms with Gasteiger partial charge in [0, 0.05) is 41.9 Å². The Morgan fingerprint density at radius 1 is 1.03 bits per heavy atom. The number of carbonyl (C=O) groups is 1. The number of nitrogens with zero attached hydrogens (tertiary/aromatic N) is 2. The van der Waals surface area contributed by atoms with E-state index in [-0.39, 0.29) is 18.0 Å². The first-order valence-corrected chi connectivity index (χ1v) is 12.3. The van der Waals surface area contributed by atoms with Gasteiger partial charge in [0.2, 0.25) is 5.91 Å². The van der Waals surface area contributed by atoms with Crippen molar-refractivity contribution in [3.05, 3.63) is 57.0 Å². The molecule has 1 amide bonds. The first-order chi connectivity index (χ1) is 15.4. The number of amides is 1. The van der Waals surface area contributed by atoms with E-state index in [9.17, 15) is 4.79 Å². The van der Waals surface area contributed by atoms with Crippen LogP contribution in [0.3, 0.4) is 0 Å². The number of rotatable bonds is 5. The monoisotopic (exact) mass is 494 g/mol.